The fourth-order valence-corrected chi connectivity index (χ4v) is 4.91. The van der Waals surface area contributed by atoms with Gasteiger partial charge in [0.2, 0.25) is 5.95 Å². The number of hydrogen-bond donors (Lipinski definition) is 1. The Balaban J connectivity index is 1.49. The molecule has 0 bridgehead atoms. The highest BCUT2D eigenvalue weighted by molar-refractivity contribution is 5.78. The minimum Gasteiger partial charge on any atom is -0.383 e. The molecule has 1 N–H and O–H groups in total. The normalized spacial score (nSPS) is 14.8. The van der Waals surface area contributed by atoms with Crippen molar-refractivity contribution in [3.8, 4) is 22.6 Å². The second kappa shape index (κ2) is 11.1. The molecule has 192 valence electrons. The molecule has 0 spiro atoms. The van der Waals surface area contributed by atoms with Crippen LogP contribution in [0, 0.1) is 11.6 Å². The molecule has 4 aromatic rings. The lowest BCUT2D eigenvalue weighted by atomic mass is 10.1. The Morgan fingerprint density at radius 1 is 1.08 bits per heavy atom. The van der Waals surface area contributed by atoms with E-state index in [4.69, 9.17) is 14.7 Å². The van der Waals surface area contributed by atoms with Crippen molar-refractivity contribution in [2.45, 2.75) is 25.4 Å². The van der Waals surface area contributed by atoms with Crippen molar-refractivity contribution < 1.29 is 13.5 Å². The Kier molecular flexibility index (Phi) is 7.52. The maximum Gasteiger partial charge on any atom is 0.223 e. The second-order valence-electron chi connectivity index (χ2n) is 9.31. The maximum absolute atomic E-state index is 13.7. The van der Waals surface area contributed by atoms with Crippen LogP contribution in [0.2, 0.25) is 0 Å². The number of hydrogen-bond acceptors (Lipinski definition) is 6. The molecule has 37 heavy (non-hydrogen) atoms. The third kappa shape index (κ3) is 5.68. The lowest BCUT2D eigenvalue weighted by Gasteiger charge is -2.24. The highest BCUT2D eigenvalue weighted by Crippen LogP contribution is 2.39. The summed E-state index contributed by atoms with van der Waals surface area (Å²) in [5, 5.41) is 3.19. The summed E-state index contributed by atoms with van der Waals surface area (Å²) >= 11 is 0. The fourth-order valence-electron chi connectivity index (χ4n) is 4.91. The van der Waals surface area contributed by atoms with Crippen LogP contribution < -0.4 is 5.32 Å². The Hall–Kier alpha value is -3.69. The average Bonchev–Trinajstić information content (AvgIpc) is 3.45. The van der Waals surface area contributed by atoms with Crippen molar-refractivity contribution >= 4 is 5.95 Å². The number of fused-ring (bicyclic) bond motifs is 1. The van der Waals surface area contributed by atoms with Crippen molar-refractivity contribution in [1.29, 1.82) is 0 Å². The predicted molar refractivity (Wildman–Crippen MR) is 139 cm³/mol. The Bertz CT molecular complexity index is 1360. The Labute approximate surface area is 215 Å². The number of nitrogens with zero attached hydrogens (tertiary/aromatic N) is 5. The van der Waals surface area contributed by atoms with E-state index in [0.717, 1.165) is 53.4 Å². The quantitative estimate of drug-likeness (QED) is 0.308. The number of aromatic nitrogens is 4. The number of halogens is 2. The van der Waals surface area contributed by atoms with E-state index in [0.29, 0.717) is 25.6 Å². The molecule has 1 unspecified atom stereocenters. The molecule has 2 aromatic carbocycles. The van der Waals surface area contributed by atoms with Gasteiger partial charge in [0.15, 0.2) is 0 Å². The molecule has 0 fully saturated rings. The van der Waals surface area contributed by atoms with Gasteiger partial charge in [-0.1, -0.05) is 12.1 Å². The van der Waals surface area contributed by atoms with Crippen molar-refractivity contribution in [3.63, 3.8) is 0 Å². The SMILES string of the molecule is COCCNc1nccc(-c2c(-c3ccc(F)cc3)nc3n2C(CN(C)Cc2cccc(F)c2)CC3)n1. The van der Waals surface area contributed by atoms with Gasteiger partial charge in [0.1, 0.15) is 17.5 Å². The van der Waals surface area contributed by atoms with Crippen molar-refractivity contribution in [2.24, 2.45) is 0 Å². The Morgan fingerprint density at radius 2 is 1.92 bits per heavy atom. The van der Waals surface area contributed by atoms with Gasteiger partial charge in [0.25, 0.3) is 0 Å². The summed E-state index contributed by atoms with van der Waals surface area (Å²) in [6, 6.07) is 15.2. The van der Waals surface area contributed by atoms with Crippen LogP contribution in [0.3, 0.4) is 0 Å². The van der Waals surface area contributed by atoms with Gasteiger partial charge >= 0.3 is 0 Å². The topological polar surface area (TPSA) is 68.1 Å². The van der Waals surface area contributed by atoms with Crippen LogP contribution in [-0.2, 0) is 17.7 Å². The number of imidazole rings is 1. The zero-order valence-electron chi connectivity index (χ0n) is 21.0. The van der Waals surface area contributed by atoms with Crippen molar-refractivity contribution in [2.75, 3.05) is 39.2 Å². The summed E-state index contributed by atoms with van der Waals surface area (Å²) in [5.41, 5.74) is 4.17. The van der Waals surface area contributed by atoms with Gasteiger partial charge in [-0.05, 0) is 61.5 Å². The van der Waals surface area contributed by atoms with Gasteiger partial charge in [0.05, 0.1) is 23.7 Å². The molecule has 2 aromatic heterocycles. The van der Waals surface area contributed by atoms with E-state index in [1.807, 2.05) is 19.2 Å². The molecule has 1 atom stereocenters. The van der Waals surface area contributed by atoms with E-state index in [1.165, 1.54) is 18.2 Å². The van der Waals surface area contributed by atoms with Gasteiger partial charge in [-0.2, -0.15) is 0 Å². The van der Waals surface area contributed by atoms with Gasteiger partial charge in [-0.3, -0.25) is 0 Å². The lowest BCUT2D eigenvalue weighted by molar-refractivity contribution is 0.210. The van der Waals surface area contributed by atoms with E-state index in [1.54, 1.807) is 37.6 Å². The van der Waals surface area contributed by atoms with Gasteiger partial charge in [-0.25, -0.2) is 23.7 Å². The average molecular weight is 505 g/mol. The summed E-state index contributed by atoms with van der Waals surface area (Å²) in [6.45, 7) is 2.53. The maximum atomic E-state index is 13.7. The first-order valence-electron chi connectivity index (χ1n) is 12.4. The Morgan fingerprint density at radius 3 is 2.70 bits per heavy atom. The summed E-state index contributed by atoms with van der Waals surface area (Å²) in [6.07, 6.45) is 3.50. The number of methoxy groups -OCH3 is 1. The van der Waals surface area contributed by atoms with Crippen LogP contribution in [0.5, 0.6) is 0 Å². The predicted octanol–water partition coefficient (Wildman–Crippen LogP) is 4.96. The third-order valence-electron chi connectivity index (χ3n) is 6.52. The fraction of sp³-hybridized carbons (Fsp3) is 0.321. The van der Waals surface area contributed by atoms with Crippen molar-refractivity contribution in [1.82, 2.24) is 24.4 Å². The number of aryl methyl sites for hydroxylation is 1. The first-order valence-corrected chi connectivity index (χ1v) is 12.4. The smallest absolute Gasteiger partial charge is 0.223 e. The molecule has 5 rings (SSSR count). The largest absolute Gasteiger partial charge is 0.383 e. The minimum absolute atomic E-state index is 0.158. The van der Waals surface area contributed by atoms with Crippen LogP contribution in [0.15, 0.2) is 60.8 Å². The van der Waals surface area contributed by atoms with E-state index in [-0.39, 0.29) is 17.7 Å². The lowest BCUT2D eigenvalue weighted by Crippen LogP contribution is -2.26. The molecule has 0 amide bonds. The first kappa shape index (κ1) is 25.0. The van der Waals surface area contributed by atoms with Crippen molar-refractivity contribution in [3.05, 3.63) is 83.8 Å². The number of nitrogens with one attached hydrogen (secondary N) is 1. The number of anilines is 1. The van der Waals surface area contributed by atoms with Crippen LogP contribution >= 0.6 is 0 Å². The number of rotatable bonds is 10. The minimum atomic E-state index is -0.291. The van der Waals surface area contributed by atoms with Crippen LogP contribution in [0.1, 0.15) is 23.9 Å². The van der Waals surface area contributed by atoms with E-state index < -0.39 is 0 Å². The monoisotopic (exact) mass is 504 g/mol. The third-order valence-corrected chi connectivity index (χ3v) is 6.52. The van der Waals surface area contributed by atoms with E-state index in [9.17, 15) is 8.78 Å². The first-order chi connectivity index (χ1) is 18.0. The van der Waals surface area contributed by atoms with Crippen LogP contribution in [-0.4, -0.2) is 58.3 Å². The zero-order valence-corrected chi connectivity index (χ0v) is 21.0. The molecule has 0 radical (unpaired) electrons. The zero-order chi connectivity index (χ0) is 25.8. The highest BCUT2D eigenvalue weighted by atomic mass is 19.1. The highest BCUT2D eigenvalue weighted by Gasteiger charge is 2.31. The molecule has 0 aliphatic carbocycles. The summed E-state index contributed by atoms with van der Waals surface area (Å²) in [7, 11) is 3.69. The van der Waals surface area contributed by atoms with Gasteiger partial charge in [-0.15, -0.1) is 0 Å². The second-order valence-corrected chi connectivity index (χ2v) is 9.31. The van der Waals surface area contributed by atoms with Gasteiger partial charge < -0.3 is 19.5 Å². The van der Waals surface area contributed by atoms with Gasteiger partial charge in [0, 0.05) is 51.0 Å². The number of likely N-dealkylation sites (N-methyl/N-ethyl adjacent to an activating group) is 1. The van der Waals surface area contributed by atoms with Crippen LogP contribution in [0.4, 0.5) is 14.7 Å². The summed E-state index contributed by atoms with van der Waals surface area (Å²) in [5.74, 6) is 0.966. The molecular weight excluding hydrogens is 474 g/mol. The molecule has 1 aliphatic heterocycles. The molecule has 3 heterocycles. The summed E-state index contributed by atoms with van der Waals surface area (Å²) in [4.78, 5) is 16.3. The molecular formula is C28H30F2N6O. The van der Waals surface area contributed by atoms with Crippen LogP contribution in [0.25, 0.3) is 22.6 Å². The molecule has 0 saturated carbocycles. The molecule has 9 heteroatoms. The summed E-state index contributed by atoms with van der Waals surface area (Å²) < 4.78 is 34.8. The number of ether oxygens (including phenoxy) is 1. The molecule has 0 saturated heterocycles. The molecule has 7 nitrogen and oxygen atoms in total. The standard InChI is InChI=1S/C28H30F2N6O/c1-35(17-19-4-3-5-22(30)16-19)18-23-10-11-25-34-26(20-6-8-21(29)9-7-20)27(36(23)25)24-12-13-31-28(33-24)32-14-15-37-2/h3-9,12-13,16,23H,10-11,14-15,17-18H2,1-2H3,(H,31,32,33). The number of benzene rings is 2. The molecule has 1 aliphatic rings. The van der Waals surface area contributed by atoms with E-state index in [2.05, 4.69) is 19.8 Å². The van der Waals surface area contributed by atoms with E-state index >= 15 is 0 Å².